The van der Waals surface area contributed by atoms with Gasteiger partial charge in [-0.25, -0.2) is 4.98 Å². The predicted molar refractivity (Wildman–Crippen MR) is 63.7 cm³/mol. The molecule has 0 saturated carbocycles. The molecule has 2 aromatic rings. The molecule has 0 amide bonds. The van der Waals surface area contributed by atoms with Crippen LogP contribution in [0, 0.1) is 6.92 Å². The first kappa shape index (κ1) is 10.9. The lowest BCUT2D eigenvalue weighted by Crippen LogP contribution is -2.13. The smallest absolute Gasteiger partial charge is 0.145 e. The number of pyridine rings is 1. The number of benzene rings is 1. The molecule has 0 unspecified atom stereocenters. The molecule has 0 spiro atoms. The van der Waals surface area contributed by atoms with Gasteiger partial charge in [-0.15, -0.1) is 0 Å². The molecule has 0 bridgehead atoms. The number of hydrogen-bond donors (Lipinski definition) is 1. The van der Waals surface area contributed by atoms with Gasteiger partial charge in [0.15, 0.2) is 0 Å². The van der Waals surface area contributed by atoms with E-state index in [9.17, 15) is 5.11 Å². The van der Waals surface area contributed by atoms with Crippen molar-refractivity contribution < 1.29 is 9.84 Å². The minimum absolute atomic E-state index is 0.286. The van der Waals surface area contributed by atoms with Crippen molar-refractivity contribution in [2.75, 3.05) is 6.61 Å². The summed E-state index contributed by atoms with van der Waals surface area (Å²) in [5.41, 5.74) is 1.81. The number of rotatable bonds is 3. The van der Waals surface area contributed by atoms with E-state index in [2.05, 4.69) is 4.98 Å². The number of para-hydroxylation sites is 1. The van der Waals surface area contributed by atoms with Crippen molar-refractivity contribution in [3.8, 4) is 5.75 Å². The Morgan fingerprint density at radius 2 is 2.12 bits per heavy atom. The molecular formula is C13H15NO2. The molecule has 0 aliphatic carbocycles. The van der Waals surface area contributed by atoms with E-state index in [1.807, 2.05) is 37.3 Å². The fraction of sp³-hybridized carbons (Fsp3) is 0.308. The molecule has 16 heavy (non-hydrogen) atoms. The molecule has 0 aliphatic heterocycles. The maximum atomic E-state index is 9.19. The van der Waals surface area contributed by atoms with Crippen LogP contribution in [0.4, 0.5) is 0 Å². The fourth-order valence-electron chi connectivity index (χ4n) is 1.54. The fourth-order valence-corrected chi connectivity index (χ4v) is 1.54. The Morgan fingerprint density at radius 3 is 2.88 bits per heavy atom. The SMILES string of the molecule is Cc1ccc2cccc(OC[C@H](C)O)c2n1. The predicted octanol–water partition coefficient (Wildman–Crippen LogP) is 2.30. The van der Waals surface area contributed by atoms with Gasteiger partial charge in [0.1, 0.15) is 17.9 Å². The van der Waals surface area contributed by atoms with Crippen LogP contribution in [-0.2, 0) is 0 Å². The van der Waals surface area contributed by atoms with Gasteiger partial charge < -0.3 is 9.84 Å². The zero-order chi connectivity index (χ0) is 11.5. The number of hydrogen-bond acceptors (Lipinski definition) is 3. The molecule has 84 valence electrons. The van der Waals surface area contributed by atoms with E-state index in [1.165, 1.54) is 0 Å². The summed E-state index contributed by atoms with van der Waals surface area (Å²) in [7, 11) is 0. The Bertz CT molecular complexity index is 494. The maximum Gasteiger partial charge on any atom is 0.145 e. The van der Waals surface area contributed by atoms with Crippen molar-refractivity contribution >= 4 is 10.9 Å². The minimum atomic E-state index is -0.472. The largest absolute Gasteiger partial charge is 0.489 e. The standard InChI is InChI=1S/C13H15NO2/c1-9-6-7-11-4-3-5-12(13(11)14-9)16-8-10(2)15/h3-7,10,15H,8H2,1-2H3/t10-/m0/s1. The maximum absolute atomic E-state index is 9.19. The van der Waals surface area contributed by atoms with E-state index in [1.54, 1.807) is 6.92 Å². The summed E-state index contributed by atoms with van der Waals surface area (Å²) in [4.78, 5) is 4.45. The van der Waals surface area contributed by atoms with Crippen LogP contribution in [0.1, 0.15) is 12.6 Å². The second kappa shape index (κ2) is 4.49. The molecule has 0 saturated heterocycles. The average molecular weight is 217 g/mol. The number of fused-ring (bicyclic) bond motifs is 1. The topological polar surface area (TPSA) is 42.4 Å². The summed E-state index contributed by atoms with van der Waals surface area (Å²) in [6, 6.07) is 9.79. The Kier molecular flexibility index (Phi) is 3.06. The van der Waals surface area contributed by atoms with Crippen LogP contribution in [0.15, 0.2) is 30.3 Å². The van der Waals surface area contributed by atoms with Gasteiger partial charge >= 0.3 is 0 Å². The average Bonchev–Trinajstić information content (AvgIpc) is 2.26. The third-order valence-corrected chi connectivity index (χ3v) is 2.30. The van der Waals surface area contributed by atoms with Crippen LogP contribution >= 0.6 is 0 Å². The third-order valence-electron chi connectivity index (χ3n) is 2.30. The molecule has 3 nitrogen and oxygen atoms in total. The highest BCUT2D eigenvalue weighted by atomic mass is 16.5. The molecule has 0 fully saturated rings. The molecule has 0 aliphatic rings. The quantitative estimate of drug-likeness (QED) is 0.857. The number of aryl methyl sites for hydroxylation is 1. The van der Waals surface area contributed by atoms with Crippen LogP contribution < -0.4 is 4.74 Å². The highest BCUT2D eigenvalue weighted by molar-refractivity contribution is 5.84. The van der Waals surface area contributed by atoms with E-state index in [0.717, 1.165) is 22.3 Å². The molecule has 1 heterocycles. The van der Waals surface area contributed by atoms with Gasteiger partial charge in [-0.2, -0.15) is 0 Å². The molecule has 1 atom stereocenters. The molecule has 2 rings (SSSR count). The lowest BCUT2D eigenvalue weighted by Gasteiger charge is -2.10. The third kappa shape index (κ3) is 2.31. The van der Waals surface area contributed by atoms with Crippen molar-refractivity contribution in [3.05, 3.63) is 36.0 Å². The van der Waals surface area contributed by atoms with Crippen molar-refractivity contribution in [2.24, 2.45) is 0 Å². The van der Waals surface area contributed by atoms with Gasteiger partial charge in [-0.05, 0) is 26.0 Å². The number of ether oxygens (including phenoxy) is 1. The van der Waals surface area contributed by atoms with Gasteiger partial charge in [0.05, 0.1) is 6.10 Å². The molecule has 3 heteroatoms. The van der Waals surface area contributed by atoms with Crippen LogP contribution in [0.25, 0.3) is 10.9 Å². The summed E-state index contributed by atoms with van der Waals surface area (Å²) in [6.45, 7) is 3.93. The van der Waals surface area contributed by atoms with E-state index in [0.29, 0.717) is 0 Å². The van der Waals surface area contributed by atoms with Crippen molar-refractivity contribution in [2.45, 2.75) is 20.0 Å². The first-order valence-corrected chi connectivity index (χ1v) is 5.34. The second-order valence-electron chi connectivity index (χ2n) is 3.94. The Morgan fingerprint density at radius 1 is 1.31 bits per heavy atom. The van der Waals surface area contributed by atoms with E-state index in [4.69, 9.17) is 4.74 Å². The van der Waals surface area contributed by atoms with Crippen molar-refractivity contribution in [3.63, 3.8) is 0 Å². The highest BCUT2D eigenvalue weighted by Crippen LogP contribution is 2.23. The van der Waals surface area contributed by atoms with Crippen molar-refractivity contribution in [1.29, 1.82) is 0 Å². The molecular weight excluding hydrogens is 202 g/mol. The Hall–Kier alpha value is -1.61. The van der Waals surface area contributed by atoms with Crippen LogP contribution in [0.5, 0.6) is 5.75 Å². The summed E-state index contributed by atoms with van der Waals surface area (Å²) in [6.07, 6.45) is -0.472. The van der Waals surface area contributed by atoms with Crippen LogP contribution in [0.3, 0.4) is 0 Å². The lowest BCUT2D eigenvalue weighted by atomic mass is 10.2. The number of aliphatic hydroxyl groups is 1. The monoisotopic (exact) mass is 217 g/mol. The lowest BCUT2D eigenvalue weighted by molar-refractivity contribution is 0.123. The Labute approximate surface area is 94.7 Å². The van der Waals surface area contributed by atoms with E-state index >= 15 is 0 Å². The number of nitrogens with zero attached hydrogens (tertiary/aromatic N) is 1. The van der Waals surface area contributed by atoms with Crippen molar-refractivity contribution in [1.82, 2.24) is 4.98 Å². The van der Waals surface area contributed by atoms with E-state index in [-0.39, 0.29) is 6.61 Å². The normalized spacial score (nSPS) is 12.7. The van der Waals surface area contributed by atoms with Gasteiger partial charge in [0.2, 0.25) is 0 Å². The first-order chi connectivity index (χ1) is 7.66. The van der Waals surface area contributed by atoms with Gasteiger partial charge in [0.25, 0.3) is 0 Å². The molecule has 0 radical (unpaired) electrons. The van der Waals surface area contributed by atoms with E-state index < -0.39 is 6.10 Å². The zero-order valence-corrected chi connectivity index (χ0v) is 9.47. The summed E-state index contributed by atoms with van der Waals surface area (Å²) < 4.78 is 5.52. The molecule has 1 aromatic heterocycles. The van der Waals surface area contributed by atoms with Gasteiger partial charge in [-0.3, -0.25) is 0 Å². The van der Waals surface area contributed by atoms with Crippen LogP contribution in [-0.4, -0.2) is 22.8 Å². The summed E-state index contributed by atoms with van der Waals surface area (Å²) in [5.74, 6) is 0.724. The summed E-state index contributed by atoms with van der Waals surface area (Å²) in [5, 5.41) is 10.2. The first-order valence-electron chi connectivity index (χ1n) is 5.34. The van der Waals surface area contributed by atoms with Gasteiger partial charge in [-0.1, -0.05) is 18.2 Å². The number of aromatic nitrogens is 1. The van der Waals surface area contributed by atoms with Crippen LogP contribution in [0.2, 0.25) is 0 Å². The molecule has 1 aromatic carbocycles. The van der Waals surface area contributed by atoms with Gasteiger partial charge in [0, 0.05) is 11.1 Å². The number of aliphatic hydroxyl groups excluding tert-OH is 1. The zero-order valence-electron chi connectivity index (χ0n) is 9.47. The Balaban J connectivity index is 2.40. The minimum Gasteiger partial charge on any atom is -0.489 e. The summed E-state index contributed by atoms with van der Waals surface area (Å²) >= 11 is 0. The molecule has 1 N–H and O–H groups in total. The second-order valence-corrected chi connectivity index (χ2v) is 3.94. The highest BCUT2D eigenvalue weighted by Gasteiger charge is 2.04.